The first-order valence-electron chi connectivity index (χ1n) is 5.18. The fourth-order valence-corrected chi connectivity index (χ4v) is 6.16. The fraction of sp³-hybridized carbons (Fsp3) is 0.200. The van der Waals surface area contributed by atoms with Crippen molar-refractivity contribution in [1.82, 2.24) is 4.72 Å². The van der Waals surface area contributed by atoms with Crippen LogP contribution in [0.1, 0.15) is 0 Å². The van der Waals surface area contributed by atoms with Crippen LogP contribution < -0.4 is 4.72 Å². The molecule has 0 fully saturated rings. The molecule has 0 spiro atoms. The standard InChI is InChI=1S/C10H8BrCl2NO4S2/c11-6-3-8(12)10(9(13)4-6)20(17,18)14-7-1-2-19(15,16)5-7/h1-4,7,14H,5H2. The van der Waals surface area contributed by atoms with Gasteiger partial charge in [0.25, 0.3) is 0 Å². The third kappa shape index (κ3) is 3.55. The van der Waals surface area contributed by atoms with Gasteiger partial charge in [-0.3, -0.25) is 0 Å². The molecule has 1 aliphatic rings. The summed E-state index contributed by atoms with van der Waals surface area (Å²) in [6.45, 7) is 0. The van der Waals surface area contributed by atoms with Crippen molar-refractivity contribution in [1.29, 1.82) is 0 Å². The van der Waals surface area contributed by atoms with E-state index in [-0.39, 0.29) is 20.7 Å². The van der Waals surface area contributed by atoms with Crippen LogP contribution in [-0.2, 0) is 19.9 Å². The van der Waals surface area contributed by atoms with Crippen LogP contribution in [0, 0.1) is 0 Å². The molecule has 0 saturated heterocycles. The van der Waals surface area contributed by atoms with Crippen LogP contribution in [-0.4, -0.2) is 28.6 Å². The highest BCUT2D eigenvalue weighted by Gasteiger charge is 2.29. The minimum absolute atomic E-state index is 0.0540. The first-order chi connectivity index (χ1) is 9.11. The van der Waals surface area contributed by atoms with Crippen molar-refractivity contribution in [3.63, 3.8) is 0 Å². The van der Waals surface area contributed by atoms with E-state index < -0.39 is 25.9 Å². The summed E-state index contributed by atoms with van der Waals surface area (Å²) in [4.78, 5) is -0.276. The van der Waals surface area contributed by atoms with Gasteiger partial charge in [0.1, 0.15) is 4.90 Å². The van der Waals surface area contributed by atoms with Crippen molar-refractivity contribution in [2.24, 2.45) is 0 Å². The zero-order valence-electron chi connectivity index (χ0n) is 9.68. The van der Waals surface area contributed by atoms with Gasteiger partial charge in [-0.1, -0.05) is 45.2 Å². The summed E-state index contributed by atoms with van der Waals surface area (Å²) in [5, 5.41) is 0.869. The Hall–Kier alpha value is -0.120. The van der Waals surface area contributed by atoms with Gasteiger partial charge in [-0.05, 0) is 12.1 Å². The molecule has 1 aromatic carbocycles. The normalized spacial score (nSPS) is 21.2. The molecule has 1 aromatic rings. The Morgan fingerprint density at radius 3 is 2.25 bits per heavy atom. The van der Waals surface area contributed by atoms with Crippen molar-refractivity contribution in [2.45, 2.75) is 10.9 Å². The predicted octanol–water partition coefficient (Wildman–Crippen LogP) is 2.34. The Labute approximate surface area is 135 Å². The molecule has 0 amide bonds. The molecule has 0 aromatic heterocycles. The van der Waals surface area contributed by atoms with Gasteiger partial charge >= 0.3 is 0 Å². The predicted molar refractivity (Wildman–Crippen MR) is 81.2 cm³/mol. The zero-order chi connectivity index (χ0) is 15.1. The molecule has 0 saturated carbocycles. The number of halogens is 3. The van der Waals surface area contributed by atoms with E-state index >= 15 is 0 Å². The van der Waals surface area contributed by atoms with Crippen molar-refractivity contribution in [2.75, 3.05) is 5.75 Å². The number of hydrogen-bond acceptors (Lipinski definition) is 4. The van der Waals surface area contributed by atoms with E-state index in [1.807, 2.05) is 0 Å². The van der Waals surface area contributed by atoms with Gasteiger partial charge in [0, 0.05) is 9.88 Å². The smallest absolute Gasteiger partial charge is 0.224 e. The lowest BCUT2D eigenvalue weighted by atomic mass is 10.4. The summed E-state index contributed by atoms with van der Waals surface area (Å²) < 4.78 is 49.8. The summed E-state index contributed by atoms with van der Waals surface area (Å²) >= 11 is 14.9. The molecule has 20 heavy (non-hydrogen) atoms. The Balaban J connectivity index is 2.36. The molecule has 1 N–H and O–H groups in total. The van der Waals surface area contributed by atoms with Gasteiger partial charge in [0.15, 0.2) is 9.84 Å². The van der Waals surface area contributed by atoms with E-state index in [0.29, 0.717) is 4.47 Å². The summed E-state index contributed by atoms with van der Waals surface area (Å²) in [6.07, 6.45) is 1.27. The van der Waals surface area contributed by atoms with Gasteiger partial charge in [0.05, 0.1) is 21.8 Å². The average Bonchev–Trinajstić information content (AvgIpc) is 2.54. The number of nitrogens with one attached hydrogen (secondary N) is 1. The largest absolute Gasteiger partial charge is 0.244 e. The molecule has 2 rings (SSSR count). The molecular formula is C10H8BrCl2NO4S2. The van der Waals surface area contributed by atoms with Gasteiger partial charge in [-0.2, -0.15) is 0 Å². The molecule has 110 valence electrons. The summed E-state index contributed by atoms with van der Waals surface area (Å²) in [7, 11) is -7.38. The first kappa shape index (κ1) is 16.3. The summed E-state index contributed by atoms with van der Waals surface area (Å²) in [5.74, 6) is -0.321. The van der Waals surface area contributed by atoms with Crippen LogP contribution in [0.2, 0.25) is 10.0 Å². The van der Waals surface area contributed by atoms with E-state index in [1.54, 1.807) is 0 Å². The number of sulfone groups is 1. The number of hydrogen-bond donors (Lipinski definition) is 1. The maximum absolute atomic E-state index is 12.2. The van der Waals surface area contributed by atoms with Gasteiger partial charge in [-0.25, -0.2) is 21.6 Å². The molecule has 1 unspecified atom stereocenters. The molecular weight excluding hydrogens is 413 g/mol. The van der Waals surface area contributed by atoms with Gasteiger partial charge in [0.2, 0.25) is 10.0 Å². The third-order valence-corrected chi connectivity index (χ3v) is 6.73. The Bertz CT molecular complexity index is 766. The van der Waals surface area contributed by atoms with E-state index in [2.05, 4.69) is 20.7 Å². The molecule has 1 heterocycles. The number of benzene rings is 1. The van der Waals surface area contributed by atoms with E-state index in [0.717, 1.165) is 5.41 Å². The Morgan fingerprint density at radius 1 is 1.25 bits per heavy atom. The molecule has 10 heteroatoms. The molecule has 1 atom stereocenters. The minimum Gasteiger partial charge on any atom is -0.224 e. The molecule has 5 nitrogen and oxygen atoms in total. The van der Waals surface area contributed by atoms with Crippen molar-refractivity contribution < 1.29 is 16.8 Å². The summed E-state index contributed by atoms with van der Waals surface area (Å²) in [6, 6.07) is 1.95. The lowest BCUT2D eigenvalue weighted by Crippen LogP contribution is -2.35. The Morgan fingerprint density at radius 2 is 1.80 bits per heavy atom. The van der Waals surface area contributed by atoms with Crippen LogP contribution in [0.5, 0.6) is 0 Å². The van der Waals surface area contributed by atoms with Crippen molar-refractivity contribution in [3.8, 4) is 0 Å². The highest BCUT2D eigenvalue weighted by atomic mass is 79.9. The first-order valence-corrected chi connectivity index (χ1v) is 9.93. The fourth-order valence-electron chi connectivity index (χ4n) is 1.69. The van der Waals surface area contributed by atoms with Crippen LogP contribution >= 0.6 is 39.1 Å². The molecule has 0 bridgehead atoms. The molecule has 1 aliphatic heterocycles. The van der Waals surface area contributed by atoms with Gasteiger partial charge in [-0.15, -0.1) is 0 Å². The van der Waals surface area contributed by atoms with E-state index in [4.69, 9.17) is 23.2 Å². The molecule has 0 aliphatic carbocycles. The second-order valence-corrected chi connectivity index (χ2v) is 9.40. The highest BCUT2D eigenvalue weighted by Crippen LogP contribution is 2.33. The van der Waals surface area contributed by atoms with Crippen LogP contribution in [0.15, 0.2) is 33.0 Å². The average molecular weight is 421 g/mol. The number of rotatable bonds is 3. The highest BCUT2D eigenvalue weighted by molar-refractivity contribution is 9.10. The molecule has 0 radical (unpaired) electrons. The van der Waals surface area contributed by atoms with E-state index in [9.17, 15) is 16.8 Å². The topological polar surface area (TPSA) is 80.3 Å². The second-order valence-electron chi connectivity index (χ2n) is 4.08. The van der Waals surface area contributed by atoms with Crippen LogP contribution in [0.4, 0.5) is 0 Å². The minimum atomic E-state index is -4.02. The van der Waals surface area contributed by atoms with Crippen molar-refractivity contribution in [3.05, 3.63) is 38.1 Å². The third-order valence-electron chi connectivity index (χ3n) is 2.47. The SMILES string of the molecule is O=S1(=O)C=CC(NS(=O)(=O)c2c(Cl)cc(Br)cc2Cl)C1. The second kappa shape index (κ2) is 5.58. The maximum atomic E-state index is 12.2. The van der Waals surface area contributed by atoms with Crippen molar-refractivity contribution >= 4 is 59.0 Å². The maximum Gasteiger partial charge on any atom is 0.244 e. The lowest BCUT2D eigenvalue weighted by Gasteiger charge is -2.13. The number of sulfonamides is 1. The van der Waals surface area contributed by atoms with Gasteiger partial charge < -0.3 is 0 Å². The van der Waals surface area contributed by atoms with Crippen LogP contribution in [0.25, 0.3) is 0 Å². The zero-order valence-corrected chi connectivity index (χ0v) is 14.4. The lowest BCUT2D eigenvalue weighted by molar-refractivity contribution is 0.575. The summed E-state index contributed by atoms with van der Waals surface area (Å²) in [5.41, 5.74) is 0. The monoisotopic (exact) mass is 419 g/mol. The van der Waals surface area contributed by atoms with E-state index in [1.165, 1.54) is 18.2 Å². The quantitative estimate of drug-likeness (QED) is 0.813. The Kier molecular flexibility index (Phi) is 4.54. The van der Waals surface area contributed by atoms with Crippen LogP contribution in [0.3, 0.4) is 0 Å².